The number of hydrogen-bond acceptors (Lipinski definition) is 11. The lowest BCUT2D eigenvalue weighted by Crippen LogP contribution is -2.49. The molecule has 22 heteroatoms. The zero-order valence-corrected chi connectivity index (χ0v) is 18.8. The van der Waals surface area contributed by atoms with Crippen LogP contribution in [0, 0.1) is 10.6 Å². The molecule has 0 amide bonds. The van der Waals surface area contributed by atoms with Crippen molar-refractivity contribution in [3.8, 4) is 0 Å². The van der Waals surface area contributed by atoms with Gasteiger partial charge in [0.05, 0.1) is 6.20 Å². The van der Waals surface area contributed by atoms with Gasteiger partial charge in [-0.25, -0.2) is 18.1 Å². The molecule has 1 aliphatic rings. The van der Waals surface area contributed by atoms with Gasteiger partial charge in [-0.05, 0) is 19.1 Å². The first kappa shape index (κ1) is 27.5. The normalized spacial score (nSPS) is 32.4. The molecule has 1 fully saturated rings. The van der Waals surface area contributed by atoms with Crippen LogP contribution >= 0.6 is 35.7 Å². The van der Waals surface area contributed by atoms with E-state index in [-0.39, 0.29) is 0 Å². The largest absolute Gasteiger partial charge is 0.490 e. The fourth-order valence-corrected chi connectivity index (χ4v) is 5.77. The minimum absolute atomic E-state index is 0.418. The number of aromatic amines is 1. The second-order valence-corrected chi connectivity index (χ2v) is 11.2. The summed E-state index contributed by atoms with van der Waals surface area (Å²) >= 11 is 4.75. The number of hydrogen-bond donors (Lipinski definition) is 7. The van der Waals surface area contributed by atoms with Crippen LogP contribution in [-0.4, -0.2) is 63.5 Å². The van der Waals surface area contributed by atoms with Gasteiger partial charge in [-0.3, -0.25) is 18.9 Å². The van der Waals surface area contributed by atoms with Gasteiger partial charge >= 0.3 is 23.5 Å². The van der Waals surface area contributed by atoms with Gasteiger partial charge in [-0.1, -0.05) is 0 Å². The minimum atomic E-state index is -5.91. The van der Waals surface area contributed by atoms with E-state index >= 15 is 4.39 Å². The smallest absolute Gasteiger partial charge is 0.384 e. The first-order valence-corrected chi connectivity index (χ1v) is 12.7. The standard InChI is InChI=1S/C10H15F2N2O14P3S/c1-9(17)6(16)10(12,26-7(9)14-2-4(11)5(15)13-8(14)32)3-25-30(21,22)28-31(23,24)27-29(18,19)20/h2,6-7,16-17H,3H2,1H3,(H,21,22)(H,23,24)(H,13,15,32)(H2,18,19,20). The summed E-state index contributed by atoms with van der Waals surface area (Å²) in [5, 5.41) is 20.6. The van der Waals surface area contributed by atoms with Crippen LogP contribution in [-0.2, 0) is 31.6 Å². The van der Waals surface area contributed by atoms with Crippen LogP contribution in [0.15, 0.2) is 11.0 Å². The molecule has 0 aliphatic carbocycles. The Labute approximate surface area is 180 Å². The monoisotopic (exact) mass is 550 g/mol. The Morgan fingerprint density at radius 1 is 1.25 bits per heavy atom. The molecular formula is C10H15F2N2O14P3S. The number of nitrogens with zero attached hydrogens (tertiary/aromatic N) is 1. The van der Waals surface area contributed by atoms with Crippen molar-refractivity contribution in [3.63, 3.8) is 0 Å². The molecule has 1 saturated heterocycles. The maximum absolute atomic E-state index is 15.1. The van der Waals surface area contributed by atoms with Crippen LogP contribution in [0.4, 0.5) is 8.78 Å². The average Bonchev–Trinajstić information content (AvgIpc) is 2.74. The van der Waals surface area contributed by atoms with Crippen molar-refractivity contribution >= 4 is 35.7 Å². The number of halogens is 2. The van der Waals surface area contributed by atoms with Crippen LogP contribution in [0.25, 0.3) is 0 Å². The number of aliphatic hydroxyl groups excluding tert-OH is 1. The summed E-state index contributed by atoms with van der Waals surface area (Å²) in [5.41, 5.74) is -3.89. The van der Waals surface area contributed by atoms with Crippen LogP contribution in [0.1, 0.15) is 13.2 Å². The Kier molecular flexibility index (Phi) is 7.56. The number of alkyl halides is 1. The summed E-state index contributed by atoms with van der Waals surface area (Å²) in [5.74, 6) is -5.00. The van der Waals surface area contributed by atoms with Crippen molar-refractivity contribution in [2.75, 3.05) is 6.61 Å². The number of phosphoric acid groups is 3. The third-order valence-corrected chi connectivity index (χ3v) is 7.88. The fourth-order valence-electron chi connectivity index (χ4n) is 2.50. The van der Waals surface area contributed by atoms with Gasteiger partial charge in [-0.15, -0.1) is 0 Å². The molecule has 0 aromatic carbocycles. The second-order valence-electron chi connectivity index (χ2n) is 6.39. The van der Waals surface area contributed by atoms with Crippen LogP contribution in [0.3, 0.4) is 0 Å². The van der Waals surface area contributed by atoms with Gasteiger partial charge in [0, 0.05) is 0 Å². The molecule has 0 bridgehead atoms. The molecule has 1 aromatic heterocycles. The number of H-pyrrole nitrogens is 1. The summed E-state index contributed by atoms with van der Waals surface area (Å²) in [7, 11) is -17.4. The topological polar surface area (TPSA) is 247 Å². The molecule has 6 unspecified atom stereocenters. The average molecular weight is 550 g/mol. The molecule has 16 nitrogen and oxygen atoms in total. The highest BCUT2D eigenvalue weighted by atomic mass is 32.1. The van der Waals surface area contributed by atoms with E-state index in [0.29, 0.717) is 10.8 Å². The molecule has 0 radical (unpaired) electrons. The predicted molar refractivity (Wildman–Crippen MR) is 96.3 cm³/mol. The summed E-state index contributed by atoms with van der Waals surface area (Å²) in [6.07, 6.45) is -4.21. The highest BCUT2D eigenvalue weighted by Crippen LogP contribution is 2.66. The maximum Gasteiger partial charge on any atom is 0.490 e. The number of phosphoric ester groups is 1. The van der Waals surface area contributed by atoms with E-state index in [4.69, 9.17) is 31.6 Å². The van der Waals surface area contributed by atoms with Gasteiger partial charge in [0.15, 0.2) is 11.0 Å². The fraction of sp³-hybridized carbons (Fsp3) is 0.600. The van der Waals surface area contributed by atoms with E-state index in [1.54, 1.807) is 0 Å². The number of ether oxygens (including phenoxy) is 1. The van der Waals surface area contributed by atoms with Gasteiger partial charge in [0.25, 0.3) is 11.4 Å². The van der Waals surface area contributed by atoms with Crippen LogP contribution in [0.2, 0.25) is 0 Å². The molecule has 2 rings (SSSR count). The minimum Gasteiger partial charge on any atom is -0.384 e. The molecular weight excluding hydrogens is 535 g/mol. The molecule has 1 aromatic rings. The Morgan fingerprint density at radius 2 is 1.81 bits per heavy atom. The van der Waals surface area contributed by atoms with Crippen molar-refractivity contribution in [2.24, 2.45) is 0 Å². The van der Waals surface area contributed by atoms with Crippen LogP contribution in [0.5, 0.6) is 0 Å². The van der Waals surface area contributed by atoms with Gasteiger partial charge in [0.2, 0.25) is 5.82 Å². The molecule has 2 heterocycles. The molecule has 32 heavy (non-hydrogen) atoms. The van der Waals surface area contributed by atoms with Crippen LogP contribution < -0.4 is 5.56 Å². The van der Waals surface area contributed by atoms with Crippen molar-refractivity contribution in [1.29, 1.82) is 0 Å². The van der Waals surface area contributed by atoms with Crippen molar-refractivity contribution in [1.82, 2.24) is 9.55 Å². The lowest BCUT2D eigenvalue weighted by molar-refractivity contribution is -0.204. The van der Waals surface area contributed by atoms with Gasteiger partial charge < -0.3 is 34.5 Å². The number of aliphatic hydroxyl groups is 2. The lowest BCUT2D eigenvalue weighted by Gasteiger charge is -2.28. The molecule has 7 N–H and O–H groups in total. The number of rotatable bonds is 8. The van der Waals surface area contributed by atoms with Gasteiger partial charge in [0.1, 0.15) is 18.3 Å². The van der Waals surface area contributed by atoms with E-state index in [2.05, 4.69) is 13.1 Å². The quantitative estimate of drug-likeness (QED) is 0.162. The van der Waals surface area contributed by atoms with Crippen molar-refractivity contribution in [2.45, 2.75) is 30.7 Å². The van der Waals surface area contributed by atoms with E-state index in [1.807, 2.05) is 4.98 Å². The summed E-state index contributed by atoms with van der Waals surface area (Å²) in [6.45, 7) is -0.997. The second kappa shape index (κ2) is 8.79. The van der Waals surface area contributed by atoms with E-state index in [9.17, 15) is 38.0 Å². The van der Waals surface area contributed by atoms with E-state index in [1.165, 1.54) is 0 Å². The maximum atomic E-state index is 15.1. The predicted octanol–water partition coefficient (Wildman–Crippen LogP) is -0.305. The molecule has 6 atom stereocenters. The Morgan fingerprint density at radius 3 is 2.34 bits per heavy atom. The summed E-state index contributed by atoms with van der Waals surface area (Å²) in [6, 6.07) is 0. The Hall–Kier alpha value is -0.750. The summed E-state index contributed by atoms with van der Waals surface area (Å²) < 4.78 is 78.0. The first-order chi connectivity index (χ1) is 14.2. The molecule has 0 spiro atoms. The Balaban J connectivity index is 2.26. The third kappa shape index (κ3) is 6.22. The zero-order chi connectivity index (χ0) is 24.9. The molecule has 184 valence electrons. The van der Waals surface area contributed by atoms with Crippen molar-refractivity contribution in [3.05, 3.63) is 27.1 Å². The van der Waals surface area contributed by atoms with E-state index < -0.39 is 70.0 Å². The highest BCUT2D eigenvalue weighted by molar-refractivity contribution is 7.71. The molecule has 0 saturated carbocycles. The zero-order valence-electron chi connectivity index (χ0n) is 15.3. The van der Waals surface area contributed by atoms with Crippen molar-refractivity contribution < 1.29 is 70.1 Å². The number of aromatic nitrogens is 2. The Bertz CT molecular complexity index is 1150. The SMILES string of the molecule is CC1(O)C(n2cc(F)c(=O)[nH]c2=S)OC(F)(COP(=O)(O)OP(=O)(O)OP(=O)(O)O)C1O. The number of nitrogens with one attached hydrogen (secondary N) is 1. The lowest BCUT2D eigenvalue weighted by atomic mass is 9.95. The summed E-state index contributed by atoms with van der Waals surface area (Å²) in [4.78, 5) is 48.4. The first-order valence-electron chi connectivity index (χ1n) is 7.76. The van der Waals surface area contributed by atoms with E-state index in [0.717, 1.165) is 6.92 Å². The highest BCUT2D eigenvalue weighted by Gasteiger charge is 2.63. The third-order valence-electron chi connectivity index (χ3n) is 3.79. The van der Waals surface area contributed by atoms with Gasteiger partial charge in [-0.2, -0.15) is 13.0 Å². The molecule has 1 aliphatic heterocycles.